The number of hydrogen-bond acceptors (Lipinski definition) is 2. The fraction of sp³-hybridized carbons (Fsp3) is 1.00. The van der Waals surface area contributed by atoms with Crippen LogP contribution in [0.3, 0.4) is 0 Å². The Morgan fingerprint density at radius 2 is 2.07 bits per heavy atom. The normalized spacial score (nSPS) is 35.8. The van der Waals surface area contributed by atoms with Gasteiger partial charge < -0.3 is 10.6 Å². The summed E-state index contributed by atoms with van der Waals surface area (Å²) in [5.41, 5.74) is 0. The quantitative estimate of drug-likeness (QED) is 0.630. The van der Waals surface area contributed by atoms with Gasteiger partial charge in [0.2, 0.25) is 0 Å². The van der Waals surface area contributed by atoms with E-state index in [0.717, 1.165) is 12.1 Å². The first-order valence-corrected chi connectivity index (χ1v) is 6.63. The van der Waals surface area contributed by atoms with Crippen molar-refractivity contribution in [3.05, 3.63) is 0 Å². The largest absolute Gasteiger partial charge is 0.345 e. The zero-order valence-electron chi connectivity index (χ0n) is 10.0. The van der Waals surface area contributed by atoms with Crippen molar-refractivity contribution in [1.29, 1.82) is 0 Å². The van der Waals surface area contributed by atoms with Gasteiger partial charge in [0.1, 0.15) is 0 Å². The Morgan fingerprint density at radius 3 is 3.00 bits per heavy atom. The summed E-state index contributed by atoms with van der Waals surface area (Å²) in [6.07, 6.45) is 6.96. The van der Waals surface area contributed by atoms with Gasteiger partial charge in [-0.3, -0.25) is 4.90 Å². The maximum absolute atomic E-state index is 3.75. The summed E-state index contributed by atoms with van der Waals surface area (Å²) in [6.45, 7) is 5.08. The van der Waals surface area contributed by atoms with Crippen LogP contribution >= 0.6 is 0 Å². The first-order chi connectivity index (χ1) is 7.38. The lowest BCUT2D eigenvalue weighted by atomic mass is 9.99. The van der Waals surface area contributed by atoms with Crippen molar-refractivity contribution in [2.45, 2.75) is 44.2 Å². The van der Waals surface area contributed by atoms with Gasteiger partial charge in [-0.2, -0.15) is 0 Å². The minimum Gasteiger partial charge on any atom is -0.345 e. The third kappa shape index (κ3) is 3.16. The molecule has 3 N–H and O–H groups in total. The monoisotopic (exact) mass is 212 g/mol. The second-order valence-electron chi connectivity index (χ2n) is 5.11. The molecule has 2 aliphatic heterocycles. The summed E-state index contributed by atoms with van der Waals surface area (Å²) in [7, 11) is 2.30. The average Bonchev–Trinajstić information content (AvgIpc) is 2.59. The number of nitrogens with two attached hydrogens (primary N) is 1. The molecule has 2 rings (SSSR count). The molecule has 2 saturated heterocycles. The van der Waals surface area contributed by atoms with Crippen molar-refractivity contribution in [3.63, 3.8) is 0 Å². The molecule has 2 fully saturated rings. The molecule has 88 valence electrons. The van der Waals surface area contributed by atoms with Crippen molar-refractivity contribution in [3.8, 4) is 0 Å². The molecule has 0 radical (unpaired) electrons. The molecule has 2 aliphatic rings. The number of likely N-dealkylation sites (N-methyl/N-ethyl adjacent to an activating group) is 1. The van der Waals surface area contributed by atoms with Crippen LogP contribution in [-0.4, -0.2) is 50.2 Å². The highest BCUT2D eigenvalue weighted by Crippen LogP contribution is 2.16. The van der Waals surface area contributed by atoms with Crippen molar-refractivity contribution in [2.24, 2.45) is 0 Å². The fourth-order valence-corrected chi connectivity index (χ4v) is 3.01. The van der Waals surface area contributed by atoms with Crippen LogP contribution in [0, 0.1) is 0 Å². The molecular weight excluding hydrogens is 186 g/mol. The average molecular weight is 212 g/mol. The van der Waals surface area contributed by atoms with Gasteiger partial charge >= 0.3 is 0 Å². The van der Waals surface area contributed by atoms with Crippen LogP contribution in [0.2, 0.25) is 0 Å². The number of nitrogens with zero attached hydrogens (tertiary/aromatic N) is 1. The SMILES string of the molecule is CN1CC[NH2+]CCC1C1CCCCCN1. The Labute approximate surface area is 93.6 Å². The van der Waals surface area contributed by atoms with Crippen LogP contribution < -0.4 is 10.6 Å². The third-order valence-electron chi connectivity index (χ3n) is 3.98. The van der Waals surface area contributed by atoms with Gasteiger partial charge in [0, 0.05) is 25.0 Å². The van der Waals surface area contributed by atoms with Crippen molar-refractivity contribution in [1.82, 2.24) is 10.2 Å². The van der Waals surface area contributed by atoms with E-state index in [0.29, 0.717) is 0 Å². The summed E-state index contributed by atoms with van der Waals surface area (Å²) in [4.78, 5) is 2.58. The summed E-state index contributed by atoms with van der Waals surface area (Å²) in [5, 5.41) is 6.22. The third-order valence-corrected chi connectivity index (χ3v) is 3.98. The molecule has 0 bridgehead atoms. The zero-order valence-corrected chi connectivity index (χ0v) is 10.0. The van der Waals surface area contributed by atoms with E-state index in [1.54, 1.807) is 0 Å². The highest BCUT2D eigenvalue weighted by atomic mass is 15.2. The Hall–Kier alpha value is -0.120. The lowest BCUT2D eigenvalue weighted by Gasteiger charge is -2.32. The molecule has 3 nitrogen and oxygen atoms in total. The van der Waals surface area contributed by atoms with Gasteiger partial charge in [-0.15, -0.1) is 0 Å². The van der Waals surface area contributed by atoms with Crippen LogP contribution in [0.15, 0.2) is 0 Å². The second-order valence-corrected chi connectivity index (χ2v) is 5.11. The molecule has 0 aromatic carbocycles. The van der Waals surface area contributed by atoms with Crippen LogP contribution in [-0.2, 0) is 0 Å². The molecule has 0 aromatic heterocycles. The van der Waals surface area contributed by atoms with E-state index in [4.69, 9.17) is 0 Å². The molecule has 0 amide bonds. The Kier molecular flexibility index (Phi) is 4.42. The molecule has 2 heterocycles. The molecule has 3 heteroatoms. The number of hydrogen-bond donors (Lipinski definition) is 2. The van der Waals surface area contributed by atoms with Crippen LogP contribution in [0.4, 0.5) is 0 Å². The molecule has 15 heavy (non-hydrogen) atoms. The van der Waals surface area contributed by atoms with E-state index >= 15 is 0 Å². The minimum atomic E-state index is 0.754. The zero-order chi connectivity index (χ0) is 10.5. The summed E-state index contributed by atoms with van der Waals surface area (Å²) >= 11 is 0. The lowest BCUT2D eigenvalue weighted by Crippen LogP contribution is -2.84. The molecule has 0 saturated carbocycles. The van der Waals surface area contributed by atoms with E-state index in [2.05, 4.69) is 22.6 Å². The summed E-state index contributed by atoms with van der Waals surface area (Å²) < 4.78 is 0. The number of rotatable bonds is 1. The van der Waals surface area contributed by atoms with E-state index in [-0.39, 0.29) is 0 Å². The van der Waals surface area contributed by atoms with Crippen molar-refractivity contribution in [2.75, 3.05) is 33.2 Å². The molecular formula is C12H26N3+. The summed E-state index contributed by atoms with van der Waals surface area (Å²) in [5.74, 6) is 0. The van der Waals surface area contributed by atoms with Crippen LogP contribution in [0.25, 0.3) is 0 Å². The number of nitrogens with one attached hydrogen (secondary N) is 1. The maximum atomic E-state index is 3.75. The first kappa shape index (κ1) is 11.4. The van der Waals surface area contributed by atoms with Crippen molar-refractivity contribution < 1.29 is 5.32 Å². The standard InChI is InChI=1S/C12H25N3/c1-15-10-9-13-8-6-12(15)11-5-3-2-4-7-14-11/h11-14H,2-10H2,1H3/p+1. The van der Waals surface area contributed by atoms with E-state index in [9.17, 15) is 0 Å². The van der Waals surface area contributed by atoms with Gasteiger partial charge in [0.25, 0.3) is 0 Å². The van der Waals surface area contributed by atoms with Crippen LogP contribution in [0.1, 0.15) is 32.1 Å². The van der Waals surface area contributed by atoms with Crippen LogP contribution in [0.5, 0.6) is 0 Å². The van der Waals surface area contributed by atoms with Gasteiger partial charge in [-0.05, 0) is 26.4 Å². The molecule has 2 unspecified atom stereocenters. The molecule has 0 aliphatic carbocycles. The fourth-order valence-electron chi connectivity index (χ4n) is 3.01. The highest BCUT2D eigenvalue weighted by molar-refractivity contribution is 4.85. The van der Waals surface area contributed by atoms with Crippen molar-refractivity contribution >= 4 is 0 Å². The van der Waals surface area contributed by atoms with Gasteiger partial charge in [0.15, 0.2) is 0 Å². The van der Waals surface area contributed by atoms with E-state index < -0.39 is 0 Å². The highest BCUT2D eigenvalue weighted by Gasteiger charge is 2.27. The maximum Gasteiger partial charge on any atom is 0.0884 e. The van der Waals surface area contributed by atoms with E-state index in [1.165, 1.54) is 58.3 Å². The Morgan fingerprint density at radius 1 is 1.13 bits per heavy atom. The lowest BCUT2D eigenvalue weighted by molar-refractivity contribution is -0.651. The van der Waals surface area contributed by atoms with Gasteiger partial charge in [-0.1, -0.05) is 12.8 Å². The summed E-state index contributed by atoms with van der Waals surface area (Å²) in [6, 6.07) is 1.53. The van der Waals surface area contributed by atoms with Gasteiger partial charge in [-0.25, -0.2) is 0 Å². The Balaban J connectivity index is 1.92. The molecule has 0 spiro atoms. The molecule has 2 atom stereocenters. The second kappa shape index (κ2) is 5.83. The topological polar surface area (TPSA) is 31.9 Å². The molecule has 0 aromatic rings. The van der Waals surface area contributed by atoms with Gasteiger partial charge in [0.05, 0.1) is 13.1 Å². The smallest absolute Gasteiger partial charge is 0.0884 e. The predicted molar refractivity (Wildman–Crippen MR) is 63.0 cm³/mol. The number of quaternary nitrogens is 1. The predicted octanol–water partition coefficient (Wildman–Crippen LogP) is -0.214. The van der Waals surface area contributed by atoms with E-state index in [1.807, 2.05) is 0 Å². The Bertz CT molecular complexity index is 176. The minimum absolute atomic E-state index is 0.754. The first-order valence-electron chi connectivity index (χ1n) is 6.63.